The molecule has 0 heterocycles. The molecule has 3 amide bonds. The predicted molar refractivity (Wildman–Crippen MR) is 167 cm³/mol. The minimum absolute atomic E-state index is 0.0138. The standard InChI is InChI=1S/C34H37N3O7/c1-34(2,3)44-33(43)36-28(20-22-12-16-26(39)17-13-22)32(42)37(18-19-38)30(27-10-6-7-11-29(27)40)31(41)35-25-15-14-23-8-4-5-9-24(23)21-25/h4-17,21,28,30,38-40H,18-20H2,1-3H3,(H,35,41)(H,36,43). The number of para-hydroxylation sites is 1. The number of hydrogen-bond donors (Lipinski definition) is 5. The molecule has 4 aromatic rings. The lowest BCUT2D eigenvalue weighted by atomic mass is 9.99. The third-order valence-electron chi connectivity index (χ3n) is 6.80. The Kier molecular flexibility index (Phi) is 10.1. The topological polar surface area (TPSA) is 148 Å². The average molecular weight is 600 g/mol. The first-order valence-electron chi connectivity index (χ1n) is 14.2. The zero-order chi connectivity index (χ0) is 31.9. The highest BCUT2D eigenvalue weighted by Gasteiger charge is 2.37. The largest absolute Gasteiger partial charge is 0.508 e. The molecule has 230 valence electrons. The van der Waals surface area contributed by atoms with Crippen molar-refractivity contribution in [1.82, 2.24) is 10.2 Å². The number of benzene rings is 4. The van der Waals surface area contributed by atoms with Gasteiger partial charge in [0.25, 0.3) is 5.91 Å². The summed E-state index contributed by atoms with van der Waals surface area (Å²) in [6.07, 6.45) is -0.863. The van der Waals surface area contributed by atoms with E-state index in [1.165, 1.54) is 24.3 Å². The van der Waals surface area contributed by atoms with Crippen LogP contribution >= 0.6 is 0 Å². The van der Waals surface area contributed by atoms with Crippen LogP contribution in [0.3, 0.4) is 0 Å². The molecular weight excluding hydrogens is 562 g/mol. The molecule has 0 spiro atoms. The summed E-state index contributed by atoms with van der Waals surface area (Å²) >= 11 is 0. The molecule has 2 unspecified atom stereocenters. The van der Waals surface area contributed by atoms with Gasteiger partial charge in [0, 0.05) is 24.2 Å². The van der Waals surface area contributed by atoms with E-state index in [0.717, 1.165) is 15.7 Å². The second-order valence-corrected chi connectivity index (χ2v) is 11.3. The van der Waals surface area contributed by atoms with Gasteiger partial charge in [-0.15, -0.1) is 0 Å². The van der Waals surface area contributed by atoms with Crippen molar-refractivity contribution in [3.05, 3.63) is 102 Å². The van der Waals surface area contributed by atoms with Gasteiger partial charge in [-0.1, -0.05) is 60.7 Å². The molecule has 0 saturated carbocycles. The number of carbonyl (C=O) groups excluding carboxylic acids is 3. The maximum Gasteiger partial charge on any atom is 0.408 e. The number of nitrogens with zero attached hydrogens (tertiary/aromatic N) is 1. The number of carbonyl (C=O) groups is 3. The lowest BCUT2D eigenvalue weighted by molar-refractivity contribution is -0.141. The Bertz CT molecular complexity index is 1620. The summed E-state index contributed by atoms with van der Waals surface area (Å²) in [4.78, 5) is 42.3. The van der Waals surface area contributed by atoms with E-state index in [2.05, 4.69) is 10.6 Å². The molecule has 0 aromatic heterocycles. The molecule has 0 aliphatic heterocycles. The molecule has 0 aliphatic rings. The highest BCUT2D eigenvalue weighted by atomic mass is 16.6. The number of aromatic hydroxyl groups is 2. The molecule has 44 heavy (non-hydrogen) atoms. The van der Waals surface area contributed by atoms with Crippen LogP contribution in [0.5, 0.6) is 11.5 Å². The number of phenols is 2. The number of nitrogens with one attached hydrogen (secondary N) is 2. The Morgan fingerprint density at radius 1 is 0.864 bits per heavy atom. The first kappa shape index (κ1) is 31.8. The van der Waals surface area contributed by atoms with Gasteiger partial charge in [-0.25, -0.2) is 4.79 Å². The summed E-state index contributed by atoms with van der Waals surface area (Å²) in [5.41, 5.74) is 0.367. The molecule has 2 atom stereocenters. The van der Waals surface area contributed by atoms with E-state index in [1.807, 2.05) is 30.3 Å². The molecule has 4 rings (SSSR count). The van der Waals surface area contributed by atoms with Crippen molar-refractivity contribution in [2.75, 3.05) is 18.5 Å². The number of aliphatic hydroxyl groups excluding tert-OH is 1. The summed E-state index contributed by atoms with van der Waals surface area (Å²) in [5.74, 6) is -1.52. The fraction of sp³-hybridized carbons (Fsp3) is 0.265. The minimum atomic E-state index is -1.38. The lowest BCUT2D eigenvalue weighted by Gasteiger charge is -2.34. The maximum absolute atomic E-state index is 14.3. The molecular formula is C34H37N3O7. The number of amides is 3. The summed E-state index contributed by atoms with van der Waals surface area (Å²) in [6, 6.07) is 22.7. The zero-order valence-electron chi connectivity index (χ0n) is 24.9. The highest BCUT2D eigenvalue weighted by Crippen LogP contribution is 2.31. The molecule has 0 fully saturated rings. The summed E-state index contributed by atoms with van der Waals surface area (Å²) in [7, 11) is 0. The number of anilines is 1. The number of hydrogen-bond acceptors (Lipinski definition) is 7. The first-order valence-corrected chi connectivity index (χ1v) is 14.2. The Morgan fingerprint density at radius 3 is 2.18 bits per heavy atom. The number of aliphatic hydroxyl groups is 1. The highest BCUT2D eigenvalue weighted by molar-refractivity contribution is 6.00. The van der Waals surface area contributed by atoms with Crippen LogP contribution in [0.25, 0.3) is 10.8 Å². The van der Waals surface area contributed by atoms with Gasteiger partial charge in [-0.3, -0.25) is 9.59 Å². The van der Waals surface area contributed by atoms with Crippen LogP contribution < -0.4 is 10.6 Å². The van der Waals surface area contributed by atoms with Gasteiger partial charge < -0.3 is 35.6 Å². The second kappa shape index (κ2) is 13.9. The van der Waals surface area contributed by atoms with Gasteiger partial charge in [-0.05, 0) is 67.4 Å². The number of rotatable bonds is 10. The second-order valence-electron chi connectivity index (χ2n) is 11.3. The van der Waals surface area contributed by atoms with Crippen LogP contribution in [0.2, 0.25) is 0 Å². The molecule has 0 aliphatic carbocycles. The Labute approximate surface area is 255 Å². The number of alkyl carbamates (subject to hydrolysis) is 1. The summed E-state index contributed by atoms with van der Waals surface area (Å²) < 4.78 is 5.41. The van der Waals surface area contributed by atoms with E-state index in [-0.39, 0.29) is 30.0 Å². The predicted octanol–water partition coefficient (Wildman–Crippen LogP) is 4.89. The van der Waals surface area contributed by atoms with Crippen LogP contribution in [0.4, 0.5) is 10.5 Å². The van der Waals surface area contributed by atoms with E-state index >= 15 is 0 Å². The average Bonchev–Trinajstić information content (AvgIpc) is 2.97. The molecule has 10 heteroatoms. The minimum Gasteiger partial charge on any atom is -0.508 e. The van der Waals surface area contributed by atoms with Gasteiger partial charge in [-0.2, -0.15) is 0 Å². The van der Waals surface area contributed by atoms with Crippen molar-refractivity contribution < 1.29 is 34.4 Å². The van der Waals surface area contributed by atoms with Crippen LogP contribution in [0, 0.1) is 0 Å². The zero-order valence-corrected chi connectivity index (χ0v) is 24.9. The van der Waals surface area contributed by atoms with Gasteiger partial charge in [0.1, 0.15) is 29.2 Å². The summed E-state index contributed by atoms with van der Waals surface area (Å²) in [5, 5.41) is 37.9. The summed E-state index contributed by atoms with van der Waals surface area (Å²) in [6.45, 7) is 4.27. The van der Waals surface area contributed by atoms with Crippen molar-refractivity contribution in [1.29, 1.82) is 0 Å². The van der Waals surface area contributed by atoms with Crippen LogP contribution in [0.1, 0.15) is 37.9 Å². The monoisotopic (exact) mass is 599 g/mol. The van der Waals surface area contributed by atoms with Crippen molar-refractivity contribution in [3.63, 3.8) is 0 Å². The molecule has 10 nitrogen and oxygen atoms in total. The number of fused-ring (bicyclic) bond motifs is 1. The Balaban J connectivity index is 1.73. The van der Waals surface area contributed by atoms with Crippen molar-refractivity contribution in [2.45, 2.75) is 44.9 Å². The molecule has 0 radical (unpaired) electrons. The van der Waals surface area contributed by atoms with Crippen molar-refractivity contribution in [2.24, 2.45) is 0 Å². The number of phenolic OH excluding ortho intramolecular Hbond substituents is 2. The van der Waals surface area contributed by atoms with E-state index in [4.69, 9.17) is 4.74 Å². The van der Waals surface area contributed by atoms with E-state index in [9.17, 15) is 29.7 Å². The Morgan fingerprint density at radius 2 is 1.52 bits per heavy atom. The fourth-order valence-corrected chi connectivity index (χ4v) is 4.84. The third-order valence-corrected chi connectivity index (χ3v) is 6.80. The van der Waals surface area contributed by atoms with Gasteiger partial charge >= 0.3 is 6.09 Å². The van der Waals surface area contributed by atoms with Gasteiger partial charge in [0.15, 0.2) is 0 Å². The quantitative estimate of drug-likeness (QED) is 0.174. The van der Waals surface area contributed by atoms with Crippen LogP contribution in [0.15, 0.2) is 91.0 Å². The van der Waals surface area contributed by atoms with Gasteiger partial charge in [0.05, 0.1) is 6.61 Å². The lowest BCUT2D eigenvalue weighted by Crippen LogP contribution is -2.53. The number of ether oxygens (including phenoxy) is 1. The SMILES string of the molecule is CC(C)(C)OC(=O)NC(Cc1ccc(O)cc1)C(=O)N(CCO)C(C(=O)Nc1ccc2ccccc2c1)c1ccccc1O. The van der Waals surface area contributed by atoms with Crippen molar-refractivity contribution in [3.8, 4) is 11.5 Å². The smallest absolute Gasteiger partial charge is 0.408 e. The fourth-order valence-electron chi connectivity index (χ4n) is 4.84. The maximum atomic E-state index is 14.3. The van der Waals surface area contributed by atoms with Crippen molar-refractivity contribution >= 4 is 34.4 Å². The molecule has 0 saturated heterocycles. The molecule has 0 bridgehead atoms. The van der Waals surface area contributed by atoms with Gasteiger partial charge in [0.2, 0.25) is 5.91 Å². The van der Waals surface area contributed by atoms with E-state index < -0.39 is 42.2 Å². The first-order chi connectivity index (χ1) is 20.9. The molecule has 5 N–H and O–H groups in total. The van der Waals surface area contributed by atoms with Crippen LogP contribution in [-0.4, -0.2) is 62.9 Å². The van der Waals surface area contributed by atoms with E-state index in [0.29, 0.717) is 11.3 Å². The molecule has 4 aromatic carbocycles. The van der Waals surface area contributed by atoms with E-state index in [1.54, 1.807) is 57.2 Å². The normalized spacial score (nSPS) is 12.6. The third kappa shape index (κ3) is 8.26. The Hall–Kier alpha value is -5.09. The van der Waals surface area contributed by atoms with Crippen LogP contribution in [-0.2, 0) is 20.7 Å².